The fraction of sp³-hybridized carbons (Fsp3) is 0.267. The summed E-state index contributed by atoms with van der Waals surface area (Å²) in [6, 6.07) is 6.35. The lowest BCUT2D eigenvalue weighted by Crippen LogP contribution is -2.07. The Morgan fingerprint density at radius 1 is 1.11 bits per heavy atom. The quantitative estimate of drug-likeness (QED) is 0.912. The van der Waals surface area contributed by atoms with Crippen molar-refractivity contribution in [2.24, 2.45) is 0 Å². The van der Waals surface area contributed by atoms with Crippen LogP contribution in [0.1, 0.15) is 27.9 Å². The van der Waals surface area contributed by atoms with Crippen LogP contribution in [-0.4, -0.2) is 9.97 Å². The van der Waals surface area contributed by atoms with Crippen molar-refractivity contribution in [3.05, 3.63) is 52.5 Å². The first-order chi connectivity index (χ1) is 9.11. The molecule has 2 rings (SSSR count). The predicted molar refractivity (Wildman–Crippen MR) is 74.7 cm³/mol. The summed E-state index contributed by atoms with van der Waals surface area (Å²) in [5.74, 6) is 0.532. The fourth-order valence-corrected chi connectivity index (χ4v) is 2.21. The molecule has 0 aliphatic rings. The third-order valence-corrected chi connectivity index (χ3v) is 3.08. The maximum Gasteiger partial charge on any atom is 0.182 e. The molecule has 0 amide bonds. The predicted octanol–water partition coefficient (Wildman–Crippen LogP) is 2.89. The number of nitriles is 1. The van der Waals surface area contributed by atoms with E-state index in [4.69, 9.17) is 5.26 Å². The minimum atomic E-state index is 0.324. The number of hydrogen-bond acceptors (Lipinski definition) is 4. The largest absolute Gasteiger partial charge is 0.364 e. The number of nitrogens with zero attached hydrogens (tertiary/aromatic N) is 3. The van der Waals surface area contributed by atoms with Crippen molar-refractivity contribution in [1.82, 2.24) is 9.97 Å². The van der Waals surface area contributed by atoms with Crippen LogP contribution in [0.15, 0.2) is 24.5 Å². The van der Waals surface area contributed by atoms with Crippen molar-refractivity contribution in [3.63, 3.8) is 0 Å². The van der Waals surface area contributed by atoms with Crippen LogP contribution >= 0.6 is 0 Å². The lowest BCUT2D eigenvalue weighted by molar-refractivity contribution is 1.04. The Labute approximate surface area is 113 Å². The summed E-state index contributed by atoms with van der Waals surface area (Å²) in [5.41, 5.74) is 5.31. The Bertz CT molecular complexity index is 618. The third-order valence-electron chi connectivity index (χ3n) is 3.08. The van der Waals surface area contributed by atoms with Gasteiger partial charge in [-0.3, -0.25) is 0 Å². The molecule has 0 saturated carbocycles. The molecule has 1 aromatic heterocycles. The molecule has 0 fully saturated rings. The van der Waals surface area contributed by atoms with Gasteiger partial charge >= 0.3 is 0 Å². The fourth-order valence-electron chi connectivity index (χ4n) is 2.21. The van der Waals surface area contributed by atoms with Crippen molar-refractivity contribution in [2.45, 2.75) is 27.3 Å². The molecular weight excluding hydrogens is 236 g/mol. The lowest BCUT2D eigenvalue weighted by atomic mass is 10.00. The molecule has 2 aromatic rings. The highest BCUT2D eigenvalue weighted by Gasteiger charge is 2.07. The first-order valence-corrected chi connectivity index (χ1v) is 6.13. The summed E-state index contributed by atoms with van der Waals surface area (Å²) in [5, 5.41) is 12.2. The van der Waals surface area contributed by atoms with E-state index in [0.717, 1.165) is 0 Å². The van der Waals surface area contributed by atoms with Crippen molar-refractivity contribution < 1.29 is 0 Å². The molecule has 0 bridgehead atoms. The number of hydrogen-bond donors (Lipinski definition) is 1. The molecule has 0 radical (unpaired) electrons. The Morgan fingerprint density at radius 3 is 2.37 bits per heavy atom. The number of rotatable bonds is 3. The monoisotopic (exact) mass is 252 g/mol. The second-order valence-electron chi connectivity index (χ2n) is 4.60. The molecule has 4 heteroatoms. The molecule has 1 heterocycles. The molecule has 0 aliphatic carbocycles. The van der Waals surface area contributed by atoms with Gasteiger partial charge in [-0.05, 0) is 37.5 Å². The number of anilines is 1. The standard InChI is InChI=1S/C15H16N4/c1-10-6-11(2)13(12(3)7-10)9-19-15-14(8-16)17-4-5-18-15/h4-7H,9H2,1-3H3,(H,18,19). The Kier molecular flexibility index (Phi) is 3.76. The molecule has 4 nitrogen and oxygen atoms in total. The highest BCUT2D eigenvalue weighted by Crippen LogP contribution is 2.18. The summed E-state index contributed by atoms with van der Waals surface area (Å²) in [4.78, 5) is 8.13. The average molecular weight is 252 g/mol. The van der Waals surface area contributed by atoms with Gasteiger partial charge in [-0.2, -0.15) is 5.26 Å². The number of aryl methyl sites for hydroxylation is 3. The van der Waals surface area contributed by atoms with Gasteiger partial charge in [-0.25, -0.2) is 9.97 Å². The van der Waals surface area contributed by atoms with Crippen LogP contribution in [0.25, 0.3) is 0 Å². The van der Waals surface area contributed by atoms with Gasteiger partial charge in [0, 0.05) is 18.9 Å². The molecule has 1 N–H and O–H groups in total. The van der Waals surface area contributed by atoms with E-state index < -0.39 is 0 Å². The number of nitrogens with one attached hydrogen (secondary N) is 1. The minimum Gasteiger partial charge on any atom is -0.364 e. The van der Waals surface area contributed by atoms with E-state index in [1.165, 1.54) is 28.5 Å². The van der Waals surface area contributed by atoms with E-state index in [1.807, 2.05) is 6.07 Å². The van der Waals surface area contributed by atoms with Crippen LogP contribution in [0.2, 0.25) is 0 Å². The number of aromatic nitrogens is 2. The molecule has 0 spiro atoms. The Balaban J connectivity index is 2.22. The second kappa shape index (κ2) is 5.49. The van der Waals surface area contributed by atoms with Gasteiger partial charge in [0.05, 0.1) is 0 Å². The molecule has 1 aromatic carbocycles. The summed E-state index contributed by atoms with van der Waals surface area (Å²) >= 11 is 0. The van der Waals surface area contributed by atoms with E-state index in [9.17, 15) is 0 Å². The zero-order valence-corrected chi connectivity index (χ0v) is 11.4. The maximum atomic E-state index is 8.97. The van der Waals surface area contributed by atoms with Crippen LogP contribution in [0.5, 0.6) is 0 Å². The van der Waals surface area contributed by atoms with Crippen LogP contribution in [0.4, 0.5) is 5.82 Å². The molecule has 19 heavy (non-hydrogen) atoms. The maximum absolute atomic E-state index is 8.97. The van der Waals surface area contributed by atoms with Gasteiger partial charge in [-0.1, -0.05) is 17.7 Å². The lowest BCUT2D eigenvalue weighted by Gasteiger charge is -2.13. The minimum absolute atomic E-state index is 0.324. The first kappa shape index (κ1) is 13.0. The van der Waals surface area contributed by atoms with E-state index >= 15 is 0 Å². The topological polar surface area (TPSA) is 61.6 Å². The van der Waals surface area contributed by atoms with Crippen LogP contribution < -0.4 is 5.32 Å². The number of benzene rings is 1. The van der Waals surface area contributed by atoms with Gasteiger partial charge in [0.1, 0.15) is 6.07 Å². The van der Waals surface area contributed by atoms with Crippen LogP contribution in [-0.2, 0) is 6.54 Å². The highest BCUT2D eigenvalue weighted by molar-refractivity contribution is 5.48. The first-order valence-electron chi connectivity index (χ1n) is 6.13. The Hall–Kier alpha value is -2.41. The van der Waals surface area contributed by atoms with E-state index in [-0.39, 0.29) is 0 Å². The van der Waals surface area contributed by atoms with E-state index in [1.54, 1.807) is 6.20 Å². The van der Waals surface area contributed by atoms with Gasteiger partial charge in [0.2, 0.25) is 0 Å². The molecular formula is C15H16N4. The molecule has 96 valence electrons. The van der Waals surface area contributed by atoms with Crippen LogP contribution in [0.3, 0.4) is 0 Å². The molecule has 0 aliphatic heterocycles. The second-order valence-corrected chi connectivity index (χ2v) is 4.60. The molecule has 0 unspecified atom stereocenters. The van der Waals surface area contributed by atoms with Crippen molar-refractivity contribution in [3.8, 4) is 6.07 Å². The van der Waals surface area contributed by atoms with Gasteiger partial charge in [-0.15, -0.1) is 0 Å². The zero-order valence-electron chi connectivity index (χ0n) is 11.4. The summed E-state index contributed by atoms with van der Waals surface area (Å²) in [6.45, 7) is 6.93. The van der Waals surface area contributed by atoms with Crippen molar-refractivity contribution in [2.75, 3.05) is 5.32 Å². The summed E-state index contributed by atoms with van der Waals surface area (Å²) in [7, 11) is 0. The van der Waals surface area contributed by atoms with Gasteiger partial charge in [0.15, 0.2) is 11.5 Å². The highest BCUT2D eigenvalue weighted by atomic mass is 15.0. The van der Waals surface area contributed by atoms with E-state index in [0.29, 0.717) is 18.1 Å². The molecule has 0 saturated heterocycles. The van der Waals surface area contributed by atoms with Gasteiger partial charge < -0.3 is 5.32 Å². The zero-order chi connectivity index (χ0) is 13.8. The van der Waals surface area contributed by atoms with Gasteiger partial charge in [0.25, 0.3) is 0 Å². The van der Waals surface area contributed by atoms with Crippen LogP contribution in [0, 0.1) is 32.1 Å². The van der Waals surface area contributed by atoms with E-state index in [2.05, 4.69) is 48.2 Å². The SMILES string of the molecule is Cc1cc(C)c(CNc2nccnc2C#N)c(C)c1. The summed E-state index contributed by atoms with van der Waals surface area (Å²) in [6.07, 6.45) is 3.10. The third kappa shape index (κ3) is 2.89. The van der Waals surface area contributed by atoms with Crippen molar-refractivity contribution in [1.29, 1.82) is 5.26 Å². The summed E-state index contributed by atoms with van der Waals surface area (Å²) < 4.78 is 0. The normalized spacial score (nSPS) is 10.0. The Morgan fingerprint density at radius 2 is 1.74 bits per heavy atom. The van der Waals surface area contributed by atoms with Crippen molar-refractivity contribution >= 4 is 5.82 Å². The smallest absolute Gasteiger partial charge is 0.182 e. The average Bonchev–Trinajstić information content (AvgIpc) is 2.38. The molecule has 0 atom stereocenters.